The van der Waals surface area contributed by atoms with Gasteiger partial charge in [-0.15, -0.1) is 0 Å². The van der Waals surface area contributed by atoms with Crippen molar-refractivity contribution in [1.82, 2.24) is 0 Å². The molecule has 0 radical (unpaired) electrons. The fraction of sp³-hybridized carbons (Fsp3) is 0.100. The molecule has 2 heterocycles. The molecule has 0 bridgehead atoms. The van der Waals surface area contributed by atoms with Crippen molar-refractivity contribution in [1.29, 1.82) is 0 Å². The number of furan rings is 1. The molecule has 0 aliphatic carbocycles. The molecule has 27 heavy (non-hydrogen) atoms. The smallest absolute Gasteiger partial charge is 0.206 e. The molecule has 4 rings (SSSR count). The van der Waals surface area contributed by atoms with E-state index in [4.69, 9.17) is 29.9 Å². The topological polar surface area (TPSA) is 74.2 Å². The Kier molecular flexibility index (Phi) is 4.33. The first-order valence-corrected chi connectivity index (χ1v) is 8.39. The minimum Gasteiger partial charge on any atom is -0.495 e. The van der Waals surface area contributed by atoms with Crippen LogP contribution in [0.3, 0.4) is 0 Å². The number of hydrogen-bond acceptors (Lipinski definition) is 6. The summed E-state index contributed by atoms with van der Waals surface area (Å²) in [6.45, 7) is 0. The minimum atomic E-state index is -0.271. The maximum absolute atomic E-state index is 12.8. The average Bonchev–Trinajstić information content (AvgIpc) is 3.15. The van der Waals surface area contributed by atoms with Crippen LogP contribution in [0.4, 0.5) is 5.69 Å². The number of hydrogen-bond donors (Lipinski definition) is 0. The van der Waals surface area contributed by atoms with E-state index in [1.54, 1.807) is 30.3 Å². The zero-order chi connectivity index (χ0) is 19.0. The summed E-state index contributed by atoms with van der Waals surface area (Å²) >= 11 is 5.87. The van der Waals surface area contributed by atoms with Crippen molar-refractivity contribution < 1.29 is 18.3 Å². The zero-order valence-electron chi connectivity index (χ0n) is 14.5. The highest BCUT2D eigenvalue weighted by molar-refractivity contribution is 6.30. The highest BCUT2D eigenvalue weighted by atomic mass is 35.5. The Hall–Kier alpha value is -3.25. The van der Waals surface area contributed by atoms with E-state index in [0.717, 1.165) is 0 Å². The number of halogens is 1. The lowest BCUT2D eigenvalue weighted by Crippen LogP contribution is -2.05. The molecule has 2 aromatic heterocycles. The summed E-state index contributed by atoms with van der Waals surface area (Å²) < 4.78 is 22.3. The van der Waals surface area contributed by atoms with Crippen molar-refractivity contribution >= 4 is 45.4 Å². The van der Waals surface area contributed by atoms with Crippen LogP contribution >= 0.6 is 11.6 Å². The molecule has 0 aliphatic heterocycles. The van der Waals surface area contributed by atoms with Crippen LogP contribution in [0.25, 0.3) is 21.9 Å². The fourth-order valence-electron chi connectivity index (χ4n) is 2.91. The molecule has 0 atom stereocenters. The molecular formula is C20H14ClNO5. The van der Waals surface area contributed by atoms with Crippen LogP contribution in [0, 0.1) is 0 Å². The molecule has 7 heteroatoms. The summed E-state index contributed by atoms with van der Waals surface area (Å²) in [6.07, 6.45) is 2.96. The van der Waals surface area contributed by atoms with E-state index in [-0.39, 0.29) is 22.2 Å². The number of ether oxygens (including phenoxy) is 2. The number of aliphatic imine (C=N–C) groups is 1. The van der Waals surface area contributed by atoms with E-state index >= 15 is 0 Å². The van der Waals surface area contributed by atoms with Crippen molar-refractivity contribution in [2.45, 2.75) is 0 Å². The Morgan fingerprint density at radius 3 is 2.48 bits per heavy atom. The summed E-state index contributed by atoms with van der Waals surface area (Å²) in [5, 5.41) is 1.54. The monoisotopic (exact) mass is 383 g/mol. The molecule has 136 valence electrons. The first-order valence-electron chi connectivity index (χ1n) is 8.01. The molecule has 0 N–H and O–H groups in total. The molecule has 0 aliphatic rings. The van der Waals surface area contributed by atoms with Crippen LogP contribution in [-0.2, 0) is 0 Å². The molecule has 0 saturated heterocycles. The van der Waals surface area contributed by atoms with Gasteiger partial charge in [-0.2, -0.15) is 0 Å². The lowest BCUT2D eigenvalue weighted by Gasteiger charge is -2.10. The van der Waals surface area contributed by atoms with E-state index in [1.807, 2.05) is 0 Å². The van der Waals surface area contributed by atoms with E-state index in [1.165, 1.54) is 32.8 Å². The standard InChI is InChI=1S/C20H14ClNO5/c1-24-17-14-7-8-26-18(14)20(25-2)19-16(17)15(23)9-13(27-19)10-22-12-5-3-11(21)4-6-12/h3-10H,1-2H3. The second-order valence-corrected chi connectivity index (χ2v) is 6.12. The van der Waals surface area contributed by atoms with Crippen LogP contribution in [0.2, 0.25) is 5.02 Å². The number of benzene rings is 2. The van der Waals surface area contributed by atoms with E-state index < -0.39 is 0 Å². The summed E-state index contributed by atoms with van der Waals surface area (Å²) in [5.41, 5.74) is 1.08. The maximum Gasteiger partial charge on any atom is 0.206 e. The molecular weight excluding hydrogens is 370 g/mol. The van der Waals surface area contributed by atoms with E-state index in [9.17, 15) is 4.79 Å². The Morgan fingerprint density at radius 2 is 1.78 bits per heavy atom. The number of nitrogens with zero attached hydrogens (tertiary/aromatic N) is 1. The summed E-state index contributed by atoms with van der Waals surface area (Å²) in [5.74, 6) is 0.975. The normalized spacial score (nSPS) is 11.5. The Labute approximate surface area is 158 Å². The van der Waals surface area contributed by atoms with Crippen LogP contribution in [0.1, 0.15) is 5.76 Å². The van der Waals surface area contributed by atoms with Crippen LogP contribution in [-0.4, -0.2) is 20.4 Å². The average molecular weight is 384 g/mol. The van der Waals surface area contributed by atoms with Gasteiger partial charge in [0.15, 0.2) is 16.6 Å². The van der Waals surface area contributed by atoms with Gasteiger partial charge in [-0.25, -0.2) is 0 Å². The second-order valence-electron chi connectivity index (χ2n) is 5.68. The molecule has 0 fully saturated rings. The first kappa shape index (κ1) is 17.2. The lowest BCUT2D eigenvalue weighted by molar-refractivity contribution is 0.400. The van der Waals surface area contributed by atoms with Crippen molar-refractivity contribution in [2.75, 3.05) is 14.2 Å². The van der Waals surface area contributed by atoms with Crippen molar-refractivity contribution in [3.63, 3.8) is 0 Å². The molecule has 0 spiro atoms. The van der Waals surface area contributed by atoms with Crippen molar-refractivity contribution in [2.24, 2.45) is 4.99 Å². The minimum absolute atomic E-state index is 0.238. The first-order chi connectivity index (χ1) is 13.1. The fourth-order valence-corrected chi connectivity index (χ4v) is 3.04. The molecule has 4 aromatic rings. The summed E-state index contributed by atoms with van der Waals surface area (Å²) in [7, 11) is 2.97. The lowest BCUT2D eigenvalue weighted by atomic mass is 10.1. The van der Waals surface area contributed by atoms with Gasteiger partial charge in [0, 0.05) is 11.1 Å². The van der Waals surface area contributed by atoms with Gasteiger partial charge in [-0.3, -0.25) is 9.79 Å². The SMILES string of the molecule is COc1c2occc2c(OC)c2c(=O)cc(C=Nc3ccc(Cl)cc3)oc12. The number of rotatable bonds is 4. The highest BCUT2D eigenvalue weighted by Crippen LogP contribution is 2.41. The maximum atomic E-state index is 12.8. The van der Waals surface area contributed by atoms with E-state index in [2.05, 4.69) is 4.99 Å². The molecule has 2 aromatic carbocycles. The second kappa shape index (κ2) is 6.81. The Balaban J connectivity index is 1.93. The zero-order valence-corrected chi connectivity index (χ0v) is 15.2. The number of methoxy groups -OCH3 is 2. The van der Waals surface area contributed by atoms with Gasteiger partial charge in [0.1, 0.15) is 16.9 Å². The van der Waals surface area contributed by atoms with Crippen LogP contribution in [0.15, 0.2) is 61.3 Å². The third-order valence-corrected chi connectivity index (χ3v) is 4.34. The quantitative estimate of drug-likeness (QED) is 0.465. The third kappa shape index (κ3) is 2.94. The third-order valence-electron chi connectivity index (χ3n) is 4.09. The number of fused-ring (bicyclic) bond motifs is 2. The predicted octanol–water partition coefficient (Wildman–Crippen LogP) is 4.96. The molecule has 0 saturated carbocycles. The largest absolute Gasteiger partial charge is 0.495 e. The van der Waals surface area contributed by atoms with Gasteiger partial charge in [0.2, 0.25) is 5.75 Å². The Bertz CT molecular complexity index is 1220. The van der Waals surface area contributed by atoms with Gasteiger partial charge in [0.25, 0.3) is 0 Å². The molecule has 0 amide bonds. The Morgan fingerprint density at radius 1 is 1.04 bits per heavy atom. The molecule has 0 unspecified atom stereocenters. The van der Waals surface area contributed by atoms with Gasteiger partial charge >= 0.3 is 0 Å². The van der Waals surface area contributed by atoms with Crippen LogP contribution < -0.4 is 14.9 Å². The van der Waals surface area contributed by atoms with Gasteiger partial charge in [0.05, 0.1) is 37.8 Å². The van der Waals surface area contributed by atoms with E-state index in [0.29, 0.717) is 33.2 Å². The summed E-state index contributed by atoms with van der Waals surface area (Å²) in [6, 6.07) is 10.0. The van der Waals surface area contributed by atoms with Crippen LogP contribution in [0.5, 0.6) is 11.5 Å². The van der Waals surface area contributed by atoms with Gasteiger partial charge < -0.3 is 18.3 Å². The molecule has 6 nitrogen and oxygen atoms in total. The van der Waals surface area contributed by atoms with Crippen molar-refractivity contribution in [3.8, 4) is 11.5 Å². The highest BCUT2D eigenvalue weighted by Gasteiger charge is 2.22. The predicted molar refractivity (Wildman–Crippen MR) is 104 cm³/mol. The van der Waals surface area contributed by atoms with Gasteiger partial charge in [-0.1, -0.05) is 11.6 Å². The van der Waals surface area contributed by atoms with Gasteiger partial charge in [-0.05, 0) is 30.3 Å². The summed E-state index contributed by atoms with van der Waals surface area (Å²) in [4.78, 5) is 17.1. The van der Waals surface area contributed by atoms with Crippen molar-refractivity contribution in [3.05, 3.63) is 63.7 Å².